The van der Waals surface area contributed by atoms with Crippen LogP contribution in [-0.4, -0.2) is 5.33 Å². The second-order valence-corrected chi connectivity index (χ2v) is 6.04. The molecule has 0 fully saturated rings. The Bertz CT molecular complexity index is 545. The number of ether oxygens (including phenoxy) is 1. The van der Waals surface area contributed by atoms with Gasteiger partial charge in [0.05, 0.1) is 12.7 Å². The Labute approximate surface area is 135 Å². The molecule has 1 unspecified atom stereocenters. The monoisotopic (exact) mass is 402 g/mol. The third-order valence-corrected chi connectivity index (χ3v) is 4.28. The lowest BCUT2D eigenvalue weighted by Crippen LogP contribution is -2.06. The smallest absolute Gasteiger partial charge is 0.0937 e. The lowest BCUT2D eigenvalue weighted by Gasteiger charge is -2.17. The molecular formula is C15H13Br2ClO. The maximum atomic E-state index is 5.96. The van der Waals surface area contributed by atoms with E-state index >= 15 is 0 Å². The van der Waals surface area contributed by atoms with Crippen molar-refractivity contribution in [2.24, 2.45) is 0 Å². The van der Waals surface area contributed by atoms with Gasteiger partial charge in [-0.2, -0.15) is 0 Å². The quantitative estimate of drug-likeness (QED) is 0.576. The molecule has 1 nitrogen and oxygen atoms in total. The summed E-state index contributed by atoms with van der Waals surface area (Å²) < 4.78 is 7.02. The Balaban J connectivity index is 2.06. The first kappa shape index (κ1) is 15.0. The zero-order valence-corrected chi connectivity index (χ0v) is 14.1. The second kappa shape index (κ2) is 7.44. The van der Waals surface area contributed by atoms with Crippen molar-refractivity contribution in [2.45, 2.75) is 12.7 Å². The van der Waals surface area contributed by atoms with Crippen LogP contribution in [0.5, 0.6) is 0 Å². The molecule has 0 bridgehead atoms. The lowest BCUT2D eigenvalue weighted by atomic mass is 10.1. The minimum Gasteiger partial charge on any atom is -0.368 e. The van der Waals surface area contributed by atoms with Crippen LogP contribution in [0.3, 0.4) is 0 Å². The maximum Gasteiger partial charge on any atom is 0.0937 e. The summed E-state index contributed by atoms with van der Waals surface area (Å²) >= 11 is 13.0. The Kier molecular flexibility index (Phi) is 5.89. The second-order valence-electron chi connectivity index (χ2n) is 4.11. The predicted octanol–water partition coefficient (Wildman–Crippen LogP) is 5.76. The van der Waals surface area contributed by atoms with Crippen molar-refractivity contribution < 1.29 is 4.74 Å². The van der Waals surface area contributed by atoms with E-state index in [0.29, 0.717) is 6.61 Å². The summed E-state index contributed by atoms with van der Waals surface area (Å²) in [7, 11) is 0. The molecule has 100 valence electrons. The van der Waals surface area contributed by atoms with Crippen molar-refractivity contribution in [1.29, 1.82) is 0 Å². The van der Waals surface area contributed by atoms with Gasteiger partial charge in [-0.25, -0.2) is 0 Å². The van der Waals surface area contributed by atoms with Gasteiger partial charge in [0, 0.05) is 14.8 Å². The molecule has 0 radical (unpaired) electrons. The highest BCUT2D eigenvalue weighted by molar-refractivity contribution is 9.10. The Morgan fingerprint density at radius 2 is 1.89 bits per heavy atom. The third-order valence-electron chi connectivity index (χ3n) is 2.73. The molecule has 0 aliphatic rings. The minimum atomic E-state index is 0.00885. The van der Waals surface area contributed by atoms with E-state index in [4.69, 9.17) is 16.3 Å². The Morgan fingerprint density at radius 1 is 1.11 bits per heavy atom. The van der Waals surface area contributed by atoms with Crippen LogP contribution in [0.2, 0.25) is 5.02 Å². The summed E-state index contributed by atoms with van der Waals surface area (Å²) in [4.78, 5) is 0. The van der Waals surface area contributed by atoms with Gasteiger partial charge in [-0.05, 0) is 29.3 Å². The fraction of sp³-hybridized carbons (Fsp3) is 0.200. The van der Waals surface area contributed by atoms with E-state index < -0.39 is 0 Å². The molecule has 0 heterocycles. The van der Waals surface area contributed by atoms with Crippen molar-refractivity contribution in [3.63, 3.8) is 0 Å². The summed E-state index contributed by atoms with van der Waals surface area (Å²) in [5, 5.41) is 1.48. The van der Waals surface area contributed by atoms with E-state index in [0.717, 1.165) is 26.0 Å². The van der Waals surface area contributed by atoms with Crippen LogP contribution >= 0.6 is 43.5 Å². The van der Waals surface area contributed by atoms with Gasteiger partial charge in [-0.15, -0.1) is 0 Å². The van der Waals surface area contributed by atoms with Crippen molar-refractivity contribution in [1.82, 2.24) is 0 Å². The first-order chi connectivity index (χ1) is 9.20. The molecule has 0 saturated heterocycles. The molecule has 2 rings (SSSR count). The van der Waals surface area contributed by atoms with E-state index in [1.807, 2.05) is 42.5 Å². The lowest BCUT2D eigenvalue weighted by molar-refractivity contribution is 0.0561. The van der Waals surface area contributed by atoms with Crippen molar-refractivity contribution >= 4 is 43.5 Å². The number of alkyl halides is 1. The van der Waals surface area contributed by atoms with E-state index in [1.165, 1.54) is 0 Å². The molecule has 1 atom stereocenters. The first-order valence-corrected chi connectivity index (χ1v) is 8.16. The van der Waals surface area contributed by atoms with Gasteiger partial charge in [0.2, 0.25) is 0 Å². The summed E-state index contributed by atoms with van der Waals surface area (Å²) in [6.45, 7) is 0.540. The molecule has 0 aliphatic carbocycles. The fourth-order valence-electron chi connectivity index (χ4n) is 1.78. The van der Waals surface area contributed by atoms with Gasteiger partial charge in [-0.3, -0.25) is 0 Å². The van der Waals surface area contributed by atoms with Gasteiger partial charge in [0.15, 0.2) is 0 Å². The summed E-state index contributed by atoms with van der Waals surface area (Å²) in [6.07, 6.45) is 0.00885. The molecule has 2 aromatic rings. The molecule has 0 aliphatic heterocycles. The van der Waals surface area contributed by atoms with Crippen molar-refractivity contribution in [2.75, 3.05) is 5.33 Å². The van der Waals surface area contributed by atoms with Crippen molar-refractivity contribution in [3.8, 4) is 0 Å². The standard InChI is InChI=1S/C15H13Br2ClO/c16-9-15(13-6-1-2-7-14(13)17)19-10-11-4-3-5-12(18)8-11/h1-8,15H,9-10H2. The number of hydrogen-bond donors (Lipinski definition) is 0. The van der Waals surface area contributed by atoms with Crippen LogP contribution in [-0.2, 0) is 11.3 Å². The number of rotatable bonds is 5. The highest BCUT2D eigenvalue weighted by Crippen LogP contribution is 2.28. The average Bonchev–Trinajstić information content (AvgIpc) is 2.41. The first-order valence-electron chi connectivity index (χ1n) is 5.87. The summed E-state index contributed by atoms with van der Waals surface area (Å²) in [6, 6.07) is 15.8. The van der Waals surface area contributed by atoms with Gasteiger partial charge in [0.1, 0.15) is 0 Å². The zero-order chi connectivity index (χ0) is 13.7. The summed E-state index contributed by atoms with van der Waals surface area (Å²) in [5.41, 5.74) is 2.21. The molecule has 19 heavy (non-hydrogen) atoms. The summed E-state index contributed by atoms with van der Waals surface area (Å²) in [5.74, 6) is 0. The maximum absolute atomic E-state index is 5.96. The highest BCUT2D eigenvalue weighted by atomic mass is 79.9. The van der Waals surface area contributed by atoms with E-state index in [1.54, 1.807) is 0 Å². The zero-order valence-electron chi connectivity index (χ0n) is 10.2. The molecule has 0 saturated carbocycles. The molecule has 0 amide bonds. The van der Waals surface area contributed by atoms with Crippen LogP contribution < -0.4 is 0 Å². The Morgan fingerprint density at radius 3 is 2.58 bits per heavy atom. The number of hydrogen-bond acceptors (Lipinski definition) is 1. The molecule has 2 aromatic carbocycles. The Hall–Kier alpha value is -0.350. The molecule has 0 aromatic heterocycles. The van der Waals surface area contributed by atoms with E-state index in [-0.39, 0.29) is 6.10 Å². The topological polar surface area (TPSA) is 9.23 Å². The SMILES string of the molecule is Clc1cccc(COC(CBr)c2ccccc2Br)c1. The average molecular weight is 405 g/mol. The van der Waals surface area contributed by atoms with Crippen LogP contribution in [0.25, 0.3) is 0 Å². The normalized spacial score (nSPS) is 12.4. The van der Waals surface area contributed by atoms with E-state index in [2.05, 4.69) is 37.9 Å². The predicted molar refractivity (Wildman–Crippen MR) is 86.9 cm³/mol. The van der Waals surface area contributed by atoms with Crippen LogP contribution in [0.15, 0.2) is 53.0 Å². The van der Waals surface area contributed by atoms with Crippen LogP contribution in [0.1, 0.15) is 17.2 Å². The van der Waals surface area contributed by atoms with Crippen molar-refractivity contribution in [3.05, 3.63) is 69.2 Å². The molecule has 4 heteroatoms. The van der Waals surface area contributed by atoms with Gasteiger partial charge in [-0.1, -0.05) is 73.8 Å². The highest BCUT2D eigenvalue weighted by Gasteiger charge is 2.13. The number of halogens is 3. The van der Waals surface area contributed by atoms with Gasteiger partial charge < -0.3 is 4.74 Å². The largest absolute Gasteiger partial charge is 0.368 e. The fourth-order valence-corrected chi connectivity index (χ4v) is 3.07. The van der Waals surface area contributed by atoms with Crippen LogP contribution in [0, 0.1) is 0 Å². The molecule has 0 spiro atoms. The van der Waals surface area contributed by atoms with Gasteiger partial charge in [0.25, 0.3) is 0 Å². The molecule has 0 N–H and O–H groups in total. The van der Waals surface area contributed by atoms with Crippen LogP contribution in [0.4, 0.5) is 0 Å². The minimum absolute atomic E-state index is 0.00885. The van der Waals surface area contributed by atoms with Gasteiger partial charge >= 0.3 is 0 Å². The third kappa shape index (κ3) is 4.32. The number of benzene rings is 2. The van der Waals surface area contributed by atoms with E-state index in [9.17, 15) is 0 Å². The molecular weight excluding hydrogens is 391 g/mol.